The van der Waals surface area contributed by atoms with Gasteiger partial charge in [-0.25, -0.2) is 4.39 Å². The molecule has 1 nitrogen and oxygen atoms in total. The summed E-state index contributed by atoms with van der Waals surface area (Å²) in [6.45, 7) is 3.46. The topological polar surface area (TPSA) is 17.1 Å². The minimum absolute atomic E-state index is 0.0718. The molecule has 0 aliphatic heterocycles. The van der Waals surface area contributed by atoms with Crippen molar-refractivity contribution in [2.45, 2.75) is 0 Å². The molecule has 0 fully saturated rings. The molecule has 1 aromatic carbocycles. The lowest BCUT2D eigenvalue weighted by molar-refractivity contribution is 0.111. The Kier molecular flexibility index (Phi) is 2.16. The molecule has 0 atom stereocenters. The van der Waals surface area contributed by atoms with Gasteiger partial charge in [0.2, 0.25) is 0 Å². The summed E-state index contributed by atoms with van der Waals surface area (Å²) in [7, 11) is 0. The largest absolute Gasteiger partial charge is 0.298 e. The number of benzene rings is 1. The summed E-state index contributed by atoms with van der Waals surface area (Å²) < 4.78 is 12.8. The first-order chi connectivity index (χ1) is 5.29. The van der Waals surface area contributed by atoms with Crippen LogP contribution in [0.25, 0.3) is 6.08 Å². The molecule has 0 spiro atoms. The molecule has 56 valence electrons. The lowest BCUT2D eigenvalue weighted by Gasteiger charge is -1.97. The van der Waals surface area contributed by atoms with Gasteiger partial charge in [0, 0.05) is 0 Å². The summed E-state index contributed by atoms with van der Waals surface area (Å²) >= 11 is 0. The third-order valence-corrected chi connectivity index (χ3v) is 1.42. The van der Waals surface area contributed by atoms with Crippen molar-refractivity contribution >= 4 is 12.4 Å². The Morgan fingerprint density at radius 1 is 1.45 bits per heavy atom. The zero-order chi connectivity index (χ0) is 8.27. The van der Waals surface area contributed by atoms with E-state index in [1.165, 1.54) is 12.1 Å². The number of hydrogen-bond acceptors (Lipinski definition) is 1. The van der Waals surface area contributed by atoms with Crippen LogP contribution < -0.4 is 0 Å². The predicted octanol–water partition coefficient (Wildman–Crippen LogP) is 2.28. The minimum atomic E-state index is -0.502. The Morgan fingerprint density at radius 3 is 2.64 bits per heavy atom. The highest BCUT2D eigenvalue weighted by Crippen LogP contribution is 2.11. The first-order valence-electron chi connectivity index (χ1n) is 3.15. The van der Waals surface area contributed by atoms with Crippen molar-refractivity contribution in [3.8, 4) is 0 Å². The van der Waals surface area contributed by atoms with Crippen LogP contribution in [0.3, 0.4) is 0 Å². The molecule has 0 radical (unpaired) electrons. The van der Waals surface area contributed by atoms with E-state index in [1.807, 2.05) is 0 Å². The highest BCUT2D eigenvalue weighted by Gasteiger charge is 2.02. The van der Waals surface area contributed by atoms with Gasteiger partial charge in [0.15, 0.2) is 6.29 Å². The van der Waals surface area contributed by atoms with Crippen molar-refractivity contribution < 1.29 is 9.18 Å². The van der Waals surface area contributed by atoms with E-state index in [4.69, 9.17) is 0 Å². The van der Waals surface area contributed by atoms with E-state index < -0.39 is 5.82 Å². The maximum atomic E-state index is 12.8. The highest BCUT2D eigenvalue weighted by molar-refractivity contribution is 5.81. The lowest BCUT2D eigenvalue weighted by Crippen LogP contribution is -1.90. The summed E-state index contributed by atoms with van der Waals surface area (Å²) in [5, 5.41) is 0. The number of carbonyl (C=O) groups excluding carboxylic acids is 1. The van der Waals surface area contributed by atoms with Gasteiger partial charge in [-0.3, -0.25) is 4.79 Å². The van der Waals surface area contributed by atoms with Gasteiger partial charge in [0.05, 0.1) is 5.56 Å². The fourth-order valence-corrected chi connectivity index (χ4v) is 0.856. The number of halogens is 1. The molecule has 1 rings (SSSR count). The molecule has 0 heterocycles. The average Bonchev–Trinajstić information content (AvgIpc) is 2.04. The molecule has 1 aromatic rings. The van der Waals surface area contributed by atoms with Crippen LogP contribution in [0.1, 0.15) is 15.9 Å². The van der Waals surface area contributed by atoms with Gasteiger partial charge >= 0.3 is 0 Å². The van der Waals surface area contributed by atoms with Crippen molar-refractivity contribution in [3.63, 3.8) is 0 Å². The normalized spacial score (nSPS) is 9.18. The zero-order valence-corrected chi connectivity index (χ0v) is 5.88. The lowest BCUT2D eigenvalue weighted by atomic mass is 10.1. The van der Waals surface area contributed by atoms with E-state index in [9.17, 15) is 9.18 Å². The number of rotatable bonds is 2. The number of carbonyl (C=O) groups is 1. The van der Waals surface area contributed by atoms with Crippen LogP contribution in [-0.2, 0) is 0 Å². The summed E-state index contributed by atoms with van der Waals surface area (Å²) in [6, 6.07) is 4.43. The van der Waals surface area contributed by atoms with Crippen molar-refractivity contribution in [1.82, 2.24) is 0 Å². The predicted molar refractivity (Wildman–Crippen MR) is 41.9 cm³/mol. The van der Waals surface area contributed by atoms with Crippen LogP contribution in [0, 0.1) is 5.82 Å². The Hall–Kier alpha value is -1.44. The maximum Gasteiger partial charge on any atom is 0.153 e. The molecule has 0 aliphatic carbocycles. The molecule has 0 bridgehead atoms. The fraction of sp³-hybridized carbons (Fsp3) is 0. The average molecular weight is 150 g/mol. The minimum Gasteiger partial charge on any atom is -0.298 e. The highest BCUT2D eigenvalue weighted by atomic mass is 19.1. The smallest absolute Gasteiger partial charge is 0.153 e. The van der Waals surface area contributed by atoms with Gasteiger partial charge in [-0.1, -0.05) is 24.8 Å². The van der Waals surface area contributed by atoms with Crippen molar-refractivity contribution in [2.75, 3.05) is 0 Å². The first-order valence-corrected chi connectivity index (χ1v) is 3.15. The van der Waals surface area contributed by atoms with E-state index >= 15 is 0 Å². The molecule has 11 heavy (non-hydrogen) atoms. The summed E-state index contributed by atoms with van der Waals surface area (Å²) in [6.07, 6.45) is 1.94. The molecule has 0 saturated carbocycles. The quantitative estimate of drug-likeness (QED) is 0.591. The molecule has 0 amide bonds. The third kappa shape index (κ3) is 1.34. The molecule has 0 N–H and O–H groups in total. The maximum absolute atomic E-state index is 12.8. The van der Waals surface area contributed by atoms with Crippen molar-refractivity contribution in [3.05, 3.63) is 41.7 Å². The summed E-state index contributed by atoms with van der Waals surface area (Å²) in [4.78, 5) is 10.3. The molecule has 0 aliphatic rings. The van der Waals surface area contributed by atoms with Gasteiger partial charge in [-0.2, -0.15) is 0 Å². The van der Waals surface area contributed by atoms with Crippen molar-refractivity contribution in [1.29, 1.82) is 0 Å². The first kappa shape index (κ1) is 7.66. The molecule has 0 unspecified atom stereocenters. The van der Waals surface area contributed by atoms with Crippen molar-refractivity contribution in [2.24, 2.45) is 0 Å². The van der Waals surface area contributed by atoms with E-state index in [1.54, 1.807) is 12.1 Å². The summed E-state index contributed by atoms with van der Waals surface area (Å²) in [5.41, 5.74) is 0.600. The molecular weight excluding hydrogens is 143 g/mol. The van der Waals surface area contributed by atoms with Gasteiger partial charge < -0.3 is 0 Å². The second-order valence-corrected chi connectivity index (χ2v) is 2.06. The van der Waals surface area contributed by atoms with Crippen LogP contribution in [-0.4, -0.2) is 6.29 Å². The van der Waals surface area contributed by atoms with Crippen LogP contribution in [0.2, 0.25) is 0 Å². The van der Waals surface area contributed by atoms with Gasteiger partial charge in [0.1, 0.15) is 5.82 Å². The Morgan fingerprint density at radius 2 is 2.18 bits per heavy atom. The molecule has 0 saturated heterocycles. The van der Waals surface area contributed by atoms with E-state index in [0.717, 1.165) is 0 Å². The molecular formula is C9H7FO. The van der Waals surface area contributed by atoms with E-state index in [0.29, 0.717) is 11.8 Å². The van der Waals surface area contributed by atoms with Crippen LogP contribution in [0.4, 0.5) is 4.39 Å². The fourth-order valence-electron chi connectivity index (χ4n) is 0.856. The Balaban J connectivity index is 3.35. The van der Waals surface area contributed by atoms with Gasteiger partial charge in [-0.05, 0) is 11.6 Å². The molecule has 0 aromatic heterocycles. The van der Waals surface area contributed by atoms with E-state index in [-0.39, 0.29) is 5.56 Å². The molecule has 2 heteroatoms. The monoisotopic (exact) mass is 150 g/mol. The van der Waals surface area contributed by atoms with Crippen LogP contribution in [0.15, 0.2) is 24.8 Å². The summed E-state index contributed by atoms with van der Waals surface area (Å²) in [5.74, 6) is -0.502. The van der Waals surface area contributed by atoms with Crippen LogP contribution >= 0.6 is 0 Å². The number of hydrogen-bond donors (Lipinski definition) is 0. The zero-order valence-electron chi connectivity index (χ0n) is 5.88. The second-order valence-electron chi connectivity index (χ2n) is 2.06. The SMILES string of the molecule is C=Cc1cccc(F)c1C=O. The Bertz CT molecular complexity index is 292. The second kappa shape index (κ2) is 3.10. The van der Waals surface area contributed by atoms with Gasteiger partial charge in [0.25, 0.3) is 0 Å². The Labute approximate surface area is 64.2 Å². The number of aldehydes is 1. The van der Waals surface area contributed by atoms with Crippen LogP contribution in [0.5, 0.6) is 0 Å². The standard InChI is InChI=1S/C9H7FO/c1-2-7-4-3-5-9(10)8(7)6-11/h2-6H,1H2. The third-order valence-electron chi connectivity index (χ3n) is 1.42. The van der Waals surface area contributed by atoms with E-state index in [2.05, 4.69) is 6.58 Å². The van der Waals surface area contributed by atoms with Gasteiger partial charge in [-0.15, -0.1) is 0 Å².